The Bertz CT molecular complexity index is 513. The second-order valence-electron chi connectivity index (χ2n) is 2.75. The molecule has 0 amide bonds. The lowest BCUT2D eigenvalue weighted by Gasteiger charge is -1.87. The van der Waals surface area contributed by atoms with Crippen molar-refractivity contribution in [3.05, 3.63) is 33.5 Å². The lowest BCUT2D eigenvalue weighted by atomic mass is 10.3. The van der Waals surface area contributed by atoms with Crippen LogP contribution in [0.15, 0.2) is 24.3 Å². The highest BCUT2D eigenvalue weighted by molar-refractivity contribution is 7.25. The molecule has 2 aromatic heterocycles. The van der Waals surface area contributed by atoms with E-state index in [1.54, 1.807) is 6.07 Å². The number of thiophene rings is 2. The second kappa shape index (κ2) is 4.26. The molecule has 0 saturated carbocycles. The molecule has 0 aliphatic carbocycles. The zero-order chi connectivity index (χ0) is 10.8. The third-order valence-electron chi connectivity index (χ3n) is 1.77. The summed E-state index contributed by atoms with van der Waals surface area (Å²) in [5.74, 6) is -0.478. The number of ketones is 1. The van der Waals surface area contributed by atoms with Gasteiger partial charge in [-0.2, -0.15) is 0 Å². The van der Waals surface area contributed by atoms with Crippen molar-refractivity contribution < 1.29 is 9.59 Å². The number of aldehydes is 1. The average molecular weight is 257 g/mol. The van der Waals surface area contributed by atoms with Crippen molar-refractivity contribution in [3.8, 4) is 9.75 Å². The van der Waals surface area contributed by atoms with Gasteiger partial charge in [0.2, 0.25) is 5.78 Å². The first-order chi connectivity index (χ1) is 7.20. The standard InChI is InChI=1S/C10H5ClO2S2/c11-10-4-3-9(15-10)8-2-1-7(14-8)6(13)5-12/h1-5H. The Labute approximate surface area is 99.1 Å². The number of carbonyl (C=O) groups excluding carboxylic acids is 2. The normalized spacial score (nSPS) is 10.2. The lowest BCUT2D eigenvalue weighted by molar-refractivity contribution is -0.104. The Morgan fingerprint density at radius 2 is 1.80 bits per heavy atom. The predicted octanol–water partition coefficient (Wildman–Crippen LogP) is 3.51. The minimum Gasteiger partial charge on any atom is -0.294 e. The van der Waals surface area contributed by atoms with Gasteiger partial charge in [-0.05, 0) is 24.3 Å². The Hall–Kier alpha value is -0.970. The van der Waals surface area contributed by atoms with Crippen LogP contribution in [0, 0.1) is 0 Å². The van der Waals surface area contributed by atoms with E-state index in [1.807, 2.05) is 18.2 Å². The van der Waals surface area contributed by atoms with E-state index in [9.17, 15) is 9.59 Å². The van der Waals surface area contributed by atoms with E-state index in [0.717, 1.165) is 9.75 Å². The number of halogens is 1. The van der Waals surface area contributed by atoms with Gasteiger partial charge in [0.05, 0.1) is 9.21 Å². The fourth-order valence-electron chi connectivity index (χ4n) is 1.11. The predicted molar refractivity (Wildman–Crippen MR) is 63.0 cm³/mol. The third-order valence-corrected chi connectivity index (χ3v) is 4.30. The van der Waals surface area contributed by atoms with Gasteiger partial charge in [0.1, 0.15) is 0 Å². The van der Waals surface area contributed by atoms with Crippen LogP contribution in [0.2, 0.25) is 4.34 Å². The molecule has 2 aromatic rings. The number of hydrogen-bond donors (Lipinski definition) is 0. The molecule has 0 radical (unpaired) electrons. The first-order valence-corrected chi connectivity index (χ1v) is 6.07. The van der Waals surface area contributed by atoms with Crippen LogP contribution in [0.3, 0.4) is 0 Å². The topological polar surface area (TPSA) is 34.1 Å². The van der Waals surface area contributed by atoms with Gasteiger partial charge in [-0.1, -0.05) is 11.6 Å². The monoisotopic (exact) mass is 256 g/mol. The molecule has 0 spiro atoms. The number of hydrogen-bond acceptors (Lipinski definition) is 4. The zero-order valence-corrected chi connectivity index (χ0v) is 9.79. The highest BCUT2D eigenvalue weighted by Gasteiger charge is 2.10. The summed E-state index contributed by atoms with van der Waals surface area (Å²) in [5.41, 5.74) is 0. The van der Waals surface area contributed by atoms with Gasteiger partial charge in [0.15, 0.2) is 6.29 Å². The number of Topliss-reactive ketones (excluding diaryl/α,β-unsaturated/α-hetero) is 1. The van der Waals surface area contributed by atoms with Crippen LogP contribution in [-0.4, -0.2) is 12.1 Å². The Kier molecular flexibility index (Phi) is 3.00. The summed E-state index contributed by atoms with van der Waals surface area (Å²) in [6, 6.07) is 7.18. The number of carbonyl (C=O) groups is 2. The maximum absolute atomic E-state index is 11.1. The molecule has 2 heterocycles. The van der Waals surface area contributed by atoms with E-state index in [4.69, 9.17) is 11.6 Å². The molecule has 2 nitrogen and oxygen atoms in total. The van der Waals surface area contributed by atoms with Crippen molar-refractivity contribution in [1.82, 2.24) is 0 Å². The average Bonchev–Trinajstić information content (AvgIpc) is 2.84. The van der Waals surface area contributed by atoms with Crippen molar-refractivity contribution in [2.45, 2.75) is 0 Å². The molecule has 0 saturated heterocycles. The quantitative estimate of drug-likeness (QED) is 0.478. The highest BCUT2D eigenvalue weighted by Crippen LogP contribution is 2.35. The second-order valence-corrected chi connectivity index (χ2v) is 5.55. The first kappa shape index (κ1) is 10.5. The van der Waals surface area contributed by atoms with Crippen LogP contribution in [0.25, 0.3) is 9.75 Å². The Morgan fingerprint density at radius 3 is 2.40 bits per heavy atom. The molecule has 2 rings (SSSR count). The summed E-state index contributed by atoms with van der Waals surface area (Å²) >= 11 is 8.56. The maximum Gasteiger partial charge on any atom is 0.235 e. The minimum absolute atomic E-state index is 0.330. The zero-order valence-electron chi connectivity index (χ0n) is 7.40. The minimum atomic E-state index is -0.478. The summed E-state index contributed by atoms with van der Waals surface area (Å²) in [7, 11) is 0. The summed E-state index contributed by atoms with van der Waals surface area (Å²) in [5, 5.41) is 0. The molecule has 15 heavy (non-hydrogen) atoms. The molecule has 0 aliphatic rings. The summed E-state index contributed by atoms with van der Waals surface area (Å²) < 4.78 is 0.710. The molecule has 0 atom stereocenters. The number of rotatable bonds is 3. The van der Waals surface area contributed by atoms with E-state index >= 15 is 0 Å². The third kappa shape index (κ3) is 2.17. The van der Waals surface area contributed by atoms with Crippen LogP contribution in [-0.2, 0) is 4.79 Å². The summed E-state index contributed by atoms with van der Waals surface area (Å²) in [6.07, 6.45) is 0.330. The van der Waals surface area contributed by atoms with Crippen LogP contribution in [0.1, 0.15) is 9.67 Å². The van der Waals surface area contributed by atoms with Gasteiger partial charge in [-0.3, -0.25) is 9.59 Å². The molecule has 0 bridgehead atoms. The van der Waals surface area contributed by atoms with Gasteiger partial charge in [-0.15, -0.1) is 22.7 Å². The first-order valence-electron chi connectivity index (χ1n) is 4.06. The molecule has 0 N–H and O–H groups in total. The van der Waals surface area contributed by atoms with Gasteiger partial charge in [0.25, 0.3) is 0 Å². The van der Waals surface area contributed by atoms with Gasteiger partial charge < -0.3 is 0 Å². The van der Waals surface area contributed by atoms with E-state index in [0.29, 0.717) is 15.5 Å². The fourth-order valence-corrected chi connectivity index (χ4v) is 3.15. The molecule has 0 aliphatic heterocycles. The van der Waals surface area contributed by atoms with E-state index in [-0.39, 0.29) is 0 Å². The van der Waals surface area contributed by atoms with Gasteiger partial charge in [0, 0.05) is 9.75 Å². The van der Waals surface area contributed by atoms with Crippen LogP contribution >= 0.6 is 34.3 Å². The summed E-state index contributed by atoms with van der Waals surface area (Å²) in [6.45, 7) is 0. The van der Waals surface area contributed by atoms with E-state index in [2.05, 4.69) is 0 Å². The Morgan fingerprint density at radius 1 is 1.13 bits per heavy atom. The van der Waals surface area contributed by atoms with Crippen molar-refractivity contribution >= 4 is 46.3 Å². The van der Waals surface area contributed by atoms with Gasteiger partial charge in [-0.25, -0.2) is 0 Å². The molecule has 0 aromatic carbocycles. The molecular weight excluding hydrogens is 252 g/mol. The molecule has 76 valence electrons. The Balaban J connectivity index is 2.35. The maximum atomic E-state index is 11.1. The molecule has 5 heteroatoms. The van der Waals surface area contributed by atoms with E-state index in [1.165, 1.54) is 22.7 Å². The van der Waals surface area contributed by atoms with Crippen LogP contribution in [0.5, 0.6) is 0 Å². The van der Waals surface area contributed by atoms with Gasteiger partial charge >= 0.3 is 0 Å². The van der Waals surface area contributed by atoms with Crippen LogP contribution in [0.4, 0.5) is 0 Å². The SMILES string of the molecule is O=CC(=O)c1ccc(-c2ccc(Cl)s2)s1. The van der Waals surface area contributed by atoms with E-state index < -0.39 is 5.78 Å². The summed E-state index contributed by atoms with van der Waals surface area (Å²) in [4.78, 5) is 23.8. The van der Waals surface area contributed by atoms with Crippen molar-refractivity contribution in [3.63, 3.8) is 0 Å². The highest BCUT2D eigenvalue weighted by atomic mass is 35.5. The fraction of sp³-hybridized carbons (Fsp3) is 0. The smallest absolute Gasteiger partial charge is 0.235 e. The van der Waals surface area contributed by atoms with Crippen molar-refractivity contribution in [2.24, 2.45) is 0 Å². The van der Waals surface area contributed by atoms with Crippen molar-refractivity contribution in [2.75, 3.05) is 0 Å². The lowest BCUT2D eigenvalue weighted by Crippen LogP contribution is -1.94. The van der Waals surface area contributed by atoms with Crippen molar-refractivity contribution in [1.29, 1.82) is 0 Å². The molecule has 0 fully saturated rings. The molecule has 0 unspecified atom stereocenters. The molecular formula is C10H5ClO2S2. The van der Waals surface area contributed by atoms with Crippen LogP contribution < -0.4 is 0 Å². The largest absolute Gasteiger partial charge is 0.294 e.